The molecule has 0 aliphatic rings. The molecule has 6 heteroatoms. The van der Waals surface area contributed by atoms with E-state index >= 15 is 0 Å². The van der Waals surface area contributed by atoms with E-state index < -0.39 is 6.04 Å². The number of hydrogen-bond donors (Lipinski definition) is 1. The summed E-state index contributed by atoms with van der Waals surface area (Å²) in [5.74, 6) is 0.531. The molecule has 0 aliphatic carbocycles. The van der Waals surface area contributed by atoms with Crippen LogP contribution in [-0.2, 0) is 16.1 Å². The van der Waals surface area contributed by atoms with Gasteiger partial charge in [-0.05, 0) is 50.5 Å². The van der Waals surface area contributed by atoms with Gasteiger partial charge in [0, 0.05) is 24.5 Å². The lowest BCUT2D eigenvalue weighted by Crippen LogP contribution is -2.47. The van der Waals surface area contributed by atoms with Crippen LogP contribution in [0.15, 0.2) is 48.5 Å². The van der Waals surface area contributed by atoms with Crippen LogP contribution in [-0.4, -0.2) is 35.9 Å². The van der Waals surface area contributed by atoms with E-state index in [1.54, 1.807) is 17.9 Å². The van der Waals surface area contributed by atoms with Gasteiger partial charge in [-0.15, -0.1) is 0 Å². The number of aryl methyl sites for hydroxylation is 1. The van der Waals surface area contributed by atoms with Crippen molar-refractivity contribution < 1.29 is 14.3 Å². The average molecular weight is 431 g/mol. The average Bonchev–Trinajstić information content (AvgIpc) is 2.75. The number of nitrogens with one attached hydrogen (secondary N) is 1. The minimum absolute atomic E-state index is 0.0958. The SMILES string of the molecule is CCCNC(=O)[C@@H](C)N(Cc1ccccc1Cl)C(=O)CCCOc1ccc(C)cc1. The Bertz CT molecular complexity index is 823. The van der Waals surface area contributed by atoms with Gasteiger partial charge in [0.1, 0.15) is 11.8 Å². The van der Waals surface area contributed by atoms with Crippen LogP contribution in [0.1, 0.15) is 44.2 Å². The fraction of sp³-hybridized carbons (Fsp3) is 0.417. The van der Waals surface area contributed by atoms with Crippen molar-refractivity contribution in [3.8, 4) is 5.75 Å². The molecular formula is C24H31ClN2O3. The van der Waals surface area contributed by atoms with Gasteiger partial charge in [0.25, 0.3) is 0 Å². The third-order valence-corrected chi connectivity index (χ3v) is 5.21. The predicted octanol–water partition coefficient (Wildman–Crippen LogP) is 4.75. The molecule has 162 valence electrons. The molecule has 1 atom stereocenters. The van der Waals surface area contributed by atoms with Crippen molar-refractivity contribution in [1.82, 2.24) is 10.2 Å². The molecule has 0 saturated heterocycles. The summed E-state index contributed by atoms with van der Waals surface area (Å²) in [6.07, 6.45) is 1.70. The van der Waals surface area contributed by atoms with E-state index in [1.165, 1.54) is 5.56 Å². The maximum absolute atomic E-state index is 13.0. The number of halogens is 1. The molecule has 30 heavy (non-hydrogen) atoms. The minimum Gasteiger partial charge on any atom is -0.494 e. The molecule has 0 radical (unpaired) electrons. The number of amides is 2. The summed E-state index contributed by atoms with van der Waals surface area (Å²) in [5.41, 5.74) is 1.99. The van der Waals surface area contributed by atoms with Crippen LogP contribution in [0.5, 0.6) is 5.75 Å². The molecule has 5 nitrogen and oxygen atoms in total. The second kappa shape index (κ2) is 12.2. The fourth-order valence-corrected chi connectivity index (χ4v) is 3.18. The van der Waals surface area contributed by atoms with Crippen molar-refractivity contribution in [3.05, 3.63) is 64.7 Å². The second-order valence-corrected chi connectivity index (χ2v) is 7.75. The lowest BCUT2D eigenvalue weighted by atomic mass is 10.1. The van der Waals surface area contributed by atoms with E-state index in [0.29, 0.717) is 31.0 Å². The Labute approximate surface area is 184 Å². The zero-order valence-electron chi connectivity index (χ0n) is 18.0. The lowest BCUT2D eigenvalue weighted by Gasteiger charge is -2.29. The van der Waals surface area contributed by atoms with Gasteiger partial charge < -0.3 is 15.0 Å². The highest BCUT2D eigenvalue weighted by molar-refractivity contribution is 6.31. The Morgan fingerprint density at radius 3 is 2.50 bits per heavy atom. The van der Waals surface area contributed by atoms with E-state index in [4.69, 9.17) is 16.3 Å². The van der Waals surface area contributed by atoms with Crippen LogP contribution in [0.4, 0.5) is 0 Å². The van der Waals surface area contributed by atoms with Gasteiger partial charge in [-0.25, -0.2) is 0 Å². The monoisotopic (exact) mass is 430 g/mol. The van der Waals surface area contributed by atoms with Crippen LogP contribution in [0.2, 0.25) is 5.02 Å². The van der Waals surface area contributed by atoms with Crippen LogP contribution >= 0.6 is 11.6 Å². The summed E-state index contributed by atoms with van der Waals surface area (Å²) < 4.78 is 5.72. The molecule has 0 bridgehead atoms. The molecule has 2 aromatic carbocycles. The Morgan fingerprint density at radius 1 is 1.13 bits per heavy atom. The van der Waals surface area contributed by atoms with Gasteiger partial charge in [0.2, 0.25) is 11.8 Å². The highest BCUT2D eigenvalue weighted by atomic mass is 35.5. The highest BCUT2D eigenvalue weighted by Gasteiger charge is 2.26. The van der Waals surface area contributed by atoms with Gasteiger partial charge in [-0.1, -0.05) is 54.4 Å². The Hall–Kier alpha value is -2.53. The van der Waals surface area contributed by atoms with Gasteiger partial charge in [0.05, 0.1) is 6.61 Å². The standard InChI is InChI=1S/C24H31ClN2O3/c1-4-15-26-24(29)19(3)27(17-20-8-5-6-9-22(20)25)23(28)10-7-16-30-21-13-11-18(2)12-14-21/h5-6,8-9,11-14,19H,4,7,10,15-17H2,1-3H3,(H,26,29)/t19-/m1/s1. The third-order valence-electron chi connectivity index (χ3n) is 4.84. The number of nitrogens with zero attached hydrogens (tertiary/aromatic N) is 1. The van der Waals surface area contributed by atoms with Crippen molar-refractivity contribution >= 4 is 23.4 Å². The molecule has 0 aromatic heterocycles. The van der Waals surface area contributed by atoms with Gasteiger partial charge in [0.15, 0.2) is 0 Å². The van der Waals surface area contributed by atoms with E-state index in [1.807, 2.05) is 56.3 Å². The van der Waals surface area contributed by atoms with E-state index in [0.717, 1.165) is 17.7 Å². The molecule has 0 unspecified atom stereocenters. The first-order valence-corrected chi connectivity index (χ1v) is 10.8. The van der Waals surface area contributed by atoms with E-state index in [9.17, 15) is 9.59 Å². The Balaban J connectivity index is 1.98. The summed E-state index contributed by atoms with van der Waals surface area (Å²) >= 11 is 6.29. The smallest absolute Gasteiger partial charge is 0.242 e. The zero-order valence-corrected chi connectivity index (χ0v) is 18.7. The van der Waals surface area contributed by atoms with Gasteiger partial charge in [-0.2, -0.15) is 0 Å². The van der Waals surface area contributed by atoms with E-state index in [-0.39, 0.29) is 18.4 Å². The highest BCUT2D eigenvalue weighted by Crippen LogP contribution is 2.19. The normalized spacial score (nSPS) is 11.6. The summed E-state index contributed by atoms with van der Waals surface area (Å²) in [6, 6.07) is 14.6. The van der Waals surface area contributed by atoms with Crippen molar-refractivity contribution in [1.29, 1.82) is 0 Å². The molecule has 0 heterocycles. The maximum Gasteiger partial charge on any atom is 0.242 e. The largest absolute Gasteiger partial charge is 0.494 e. The topological polar surface area (TPSA) is 58.6 Å². The third kappa shape index (κ3) is 7.38. The summed E-state index contributed by atoms with van der Waals surface area (Å²) in [6.45, 7) is 7.08. The first-order chi connectivity index (χ1) is 14.4. The number of benzene rings is 2. The quantitative estimate of drug-likeness (QED) is 0.523. The molecule has 0 aliphatic heterocycles. The predicted molar refractivity (Wildman–Crippen MR) is 121 cm³/mol. The zero-order chi connectivity index (χ0) is 21.9. The fourth-order valence-electron chi connectivity index (χ4n) is 2.98. The molecular weight excluding hydrogens is 400 g/mol. The number of rotatable bonds is 11. The van der Waals surface area contributed by atoms with E-state index in [2.05, 4.69) is 5.32 Å². The van der Waals surface area contributed by atoms with Crippen molar-refractivity contribution in [2.24, 2.45) is 0 Å². The summed E-state index contributed by atoms with van der Waals surface area (Å²) in [5, 5.41) is 3.45. The number of carbonyl (C=O) groups excluding carboxylic acids is 2. The van der Waals surface area contributed by atoms with Gasteiger partial charge >= 0.3 is 0 Å². The van der Waals surface area contributed by atoms with Gasteiger partial charge in [-0.3, -0.25) is 9.59 Å². The van der Waals surface area contributed by atoms with Crippen LogP contribution in [0.3, 0.4) is 0 Å². The van der Waals surface area contributed by atoms with Crippen LogP contribution in [0, 0.1) is 6.92 Å². The Morgan fingerprint density at radius 2 is 1.83 bits per heavy atom. The Kier molecular flexibility index (Phi) is 9.68. The first-order valence-electron chi connectivity index (χ1n) is 10.4. The van der Waals surface area contributed by atoms with Crippen molar-refractivity contribution in [2.75, 3.05) is 13.2 Å². The number of carbonyl (C=O) groups is 2. The molecule has 2 aromatic rings. The molecule has 1 N–H and O–H groups in total. The van der Waals surface area contributed by atoms with Crippen molar-refractivity contribution in [2.45, 2.75) is 52.6 Å². The van der Waals surface area contributed by atoms with Crippen LogP contribution in [0.25, 0.3) is 0 Å². The summed E-state index contributed by atoms with van der Waals surface area (Å²) in [7, 11) is 0. The molecule has 0 saturated carbocycles. The first kappa shape index (κ1) is 23.7. The minimum atomic E-state index is -0.585. The van der Waals surface area contributed by atoms with Crippen LogP contribution < -0.4 is 10.1 Å². The lowest BCUT2D eigenvalue weighted by molar-refractivity contribution is -0.140. The molecule has 2 rings (SSSR count). The molecule has 2 amide bonds. The van der Waals surface area contributed by atoms with Crippen molar-refractivity contribution in [3.63, 3.8) is 0 Å². The number of ether oxygens (including phenoxy) is 1. The molecule has 0 spiro atoms. The maximum atomic E-state index is 13.0. The second-order valence-electron chi connectivity index (χ2n) is 7.35. The summed E-state index contributed by atoms with van der Waals surface area (Å²) in [4.78, 5) is 27.1. The number of hydrogen-bond acceptors (Lipinski definition) is 3. The molecule has 0 fully saturated rings.